The van der Waals surface area contributed by atoms with Gasteiger partial charge in [0.15, 0.2) is 9.84 Å². The van der Waals surface area contributed by atoms with E-state index in [9.17, 15) is 8.42 Å². The van der Waals surface area contributed by atoms with Crippen LogP contribution in [0.1, 0.15) is 11.5 Å². The largest absolute Gasteiger partial charge is 0.314 e. The van der Waals surface area contributed by atoms with Crippen LogP contribution >= 0.6 is 11.6 Å². The first kappa shape index (κ1) is 13.4. The van der Waals surface area contributed by atoms with Crippen LogP contribution in [0.4, 0.5) is 0 Å². The third-order valence-corrected chi connectivity index (χ3v) is 6.06. The molecule has 1 aromatic rings. The molecular weight excluding hydrogens is 284 g/mol. The number of hydrogen-bond acceptors (Lipinski definition) is 4. The summed E-state index contributed by atoms with van der Waals surface area (Å²) in [7, 11) is -3.15. The van der Waals surface area contributed by atoms with Gasteiger partial charge in [0.25, 0.3) is 0 Å². The molecule has 19 heavy (non-hydrogen) atoms. The summed E-state index contributed by atoms with van der Waals surface area (Å²) in [5.41, 5.74) is 0.822. The zero-order valence-electron chi connectivity index (χ0n) is 10.6. The van der Waals surface area contributed by atoms with E-state index in [1.165, 1.54) is 0 Å². The molecule has 0 saturated carbocycles. The molecule has 1 aromatic carbocycles. The predicted octanol–water partition coefficient (Wildman–Crippen LogP) is 1.12. The molecule has 6 heteroatoms. The molecule has 0 aliphatic carbocycles. The fraction of sp³-hybridized carbons (Fsp3) is 0.538. The normalized spacial score (nSPS) is 26.3. The summed E-state index contributed by atoms with van der Waals surface area (Å²) < 4.78 is 24.3. The maximum absolute atomic E-state index is 12.2. The van der Waals surface area contributed by atoms with Crippen molar-refractivity contribution < 1.29 is 8.42 Å². The van der Waals surface area contributed by atoms with Crippen molar-refractivity contribution >= 4 is 21.4 Å². The van der Waals surface area contributed by atoms with Crippen molar-refractivity contribution in [3.05, 3.63) is 28.8 Å². The Morgan fingerprint density at radius 3 is 2.79 bits per heavy atom. The molecule has 1 saturated heterocycles. The Hall–Kier alpha value is -0.620. The molecule has 4 nitrogen and oxygen atoms in total. The van der Waals surface area contributed by atoms with Crippen LogP contribution in [-0.4, -0.2) is 51.8 Å². The number of halogens is 1. The molecule has 2 aliphatic heterocycles. The van der Waals surface area contributed by atoms with Gasteiger partial charge in [-0.05, 0) is 17.7 Å². The van der Waals surface area contributed by atoms with Gasteiger partial charge in [0.1, 0.15) is 0 Å². The fourth-order valence-electron chi connectivity index (χ4n) is 2.97. The van der Waals surface area contributed by atoms with Gasteiger partial charge in [-0.15, -0.1) is 0 Å². The highest BCUT2D eigenvalue weighted by molar-refractivity contribution is 7.91. The second kappa shape index (κ2) is 5.05. The first-order chi connectivity index (χ1) is 9.08. The summed E-state index contributed by atoms with van der Waals surface area (Å²) in [5, 5.41) is 3.88. The van der Waals surface area contributed by atoms with Crippen LogP contribution in [0, 0.1) is 0 Å². The van der Waals surface area contributed by atoms with Gasteiger partial charge in [-0.25, -0.2) is 8.42 Å². The number of nitrogens with one attached hydrogen (secondary N) is 1. The summed E-state index contributed by atoms with van der Waals surface area (Å²) in [5.74, 6) is 0.197. The zero-order valence-corrected chi connectivity index (χ0v) is 12.2. The summed E-state index contributed by atoms with van der Waals surface area (Å²) >= 11 is 6.21. The molecule has 2 heterocycles. The number of hydrogen-bond donors (Lipinski definition) is 1. The summed E-state index contributed by atoms with van der Waals surface area (Å²) in [6.45, 7) is 4.65. The number of piperazine rings is 1. The second-order valence-electron chi connectivity index (χ2n) is 5.18. The van der Waals surface area contributed by atoms with E-state index in [1.54, 1.807) is 18.2 Å². The molecule has 2 aliphatic rings. The average Bonchev–Trinajstić information content (AvgIpc) is 2.63. The molecule has 0 bridgehead atoms. The number of fused-ring (bicyclic) bond motifs is 1. The van der Waals surface area contributed by atoms with Crippen molar-refractivity contribution in [2.24, 2.45) is 0 Å². The Labute approximate surface area is 118 Å². The van der Waals surface area contributed by atoms with Crippen LogP contribution in [-0.2, 0) is 9.84 Å². The minimum atomic E-state index is -3.15. The van der Waals surface area contributed by atoms with Crippen molar-refractivity contribution in [3.63, 3.8) is 0 Å². The molecule has 3 rings (SSSR count). The van der Waals surface area contributed by atoms with E-state index >= 15 is 0 Å². The molecule has 0 amide bonds. The lowest BCUT2D eigenvalue weighted by Crippen LogP contribution is -2.45. The Kier molecular flexibility index (Phi) is 3.55. The van der Waals surface area contributed by atoms with E-state index in [0.29, 0.717) is 9.92 Å². The molecule has 0 aromatic heterocycles. The number of benzene rings is 1. The average molecular weight is 301 g/mol. The topological polar surface area (TPSA) is 49.4 Å². The Balaban J connectivity index is 1.89. The Bertz CT molecular complexity index is 582. The van der Waals surface area contributed by atoms with E-state index in [0.717, 1.165) is 38.3 Å². The van der Waals surface area contributed by atoms with Gasteiger partial charge >= 0.3 is 0 Å². The predicted molar refractivity (Wildman–Crippen MR) is 75.6 cm³/mol. The van der Waals surface area contributed by atoms with Crippen LogP contribution in [0.15, 0.2) is 23.1 Å². The third-order valence-electron chi connectivity index (χ3n) is 3.87. The second-order valence-corrected chi connectivity index (χ2v) is 7.59. The van der Waals surface area contributed by atoms with E-state index in [2.05, 4.69) is 10.2 Å². The molecule has 104 valence electrons. The van der Waals surface area contributed by atoms with Gasteiger partial charge in [0.2, 0.25) is 0 Å². The summed E-state index contributed by atoms with van der Waals surface area (Å²) in [6, 6.07) is 5.17. The maximum atomic E-state index is 12.2. The van der Waals surface area contributed by atoms with Gasteiger partial charge in [0, 0.05) is 43.7 Å². The minimum Gasteiger partial charge on any atom is -0.314 e. The van der Waals surface area contributed by atoms with Crippen LogP contribution in [0.25, 0.3) is 0 Å². The lowest BCUT2D eigenvalue weighted by atomic mass is 10.0. The number of sulfone groups is 1. The van der Waals surface area contributed by atoms with E-state index in [-0.39, 0.29) is 11.7 Å². The molecule has 0 spiro atoms. The highest BCUT2D eigenvalue weighted by atomic mass is 35.5. The molecule has 1 N–H and O–H groups in total. The van der Waals surface area contributed by atoms with Gasteiger partial charge in [-0.3, -0.25) is 0 Å². The molecular formula is C13H17ClN2O2S. The first-order valence-electron chi connectivity index (χ1n) is 6.52. The molecule has 1 atom stereocenters. The minimum absolute atomic E-state index is 0.00630. The zero-order chi connectivity index (χ0) is 13.5. The highest BCUT2D eigenvalue weighted by Gasteiger charge is 2.37. The maximum Gasteiger partial charge on any atom is 0.179 e. The first-order valence-corrected chi connectivity index (χ1v) is 8.55. The van der Waals surface area contributed by atoms with Crippen LogP contribution in [0.2, 0.25) is 5.02 Å². The van der Waals surface area contributed by atoms with Crippen molar-refractivity contribution in [1.82, 2.24) is 10.2 Å². The van der Waals surface area contributed by atoms with Gasteiger partial charge in [0.05, 0.1) is 10.6 Å². The van der Waals surface area contributed by atoms with Crippen molar-refractivity contribution in [1.29, 1.82) is 0 Å². The summed E-state index contributed by atoms with van der Waals surface area (Å²) in [6.07, 6.45) is 0. The van der Waals surface area contributed by atoms with E-state index < -0.39 is 9.84 Å². The quantitative estimate of drug-likeness (QED) is 0.889. The van der Waals surface area contributed by atoms with E-state index in [4.69, 9.17) is 11.6 Å². The van der Waals surface area contributed by atoms with Gasteiger partial charge in [-0.2, -0.15) is 0 Å². The number of nitrogens with zero attached hydrogens (tertiary/aromatic N) is 1. The smallest absolute Gasteiger partial charge is 0.179 e. The SMILES string of the molecule is O=S1(=O)CC(CN2CCNCC2)c2c(Cl)cccc21. The van der Waals surface area contributed by atoms with Gasteiger partial charge in [-0.1, -0.05) is 17.7 Å². The Morgan fingerprint density at radius 1 is 1.32 bits per heavy atom. The lowest BCUT2D eigenvalue weighted by molar-refractivity contribution is 0.231. The molecule has 0 radical (unpaired) electrons. The van der Waals surface area contributed by atoms with Crippen molar-refractivity contribution in [2.45, 2.75) is 10.8 Å². The number of rotatable bonds is 2. The van der Waals surface area contributed by atoms with Crippen molar-refractivity contribution in [3.8, 4) is 0 Å². The summed E-state index contributed by atoms with van der Waals surface area (Å²) in [4.78, 5) is 2.75. The molecule has 1 fully saturated rings. The monoisotopic (exact) mass is 300 g/mol. The fourth-order valence-corrected chi connectivity index (χ4v) is 5.24. The van der Waals surface area contributed by atoms with Crippen LogP contribution < -0.4 is 5.32 Å². The lowest BCUT2D eigenvalue weighted by Gasteiger charge is -2.29. The van der Waals surface area contributed by atoms with E-state index in [1.807, 2.05) is 0 Å². The Morgan fingerprint density at radius 2 is 2.05 bits per heavy atom. The van der Waals surface area contributed by atoms with Crippen molar-refractivity contribution in [2.75, 3.05) is 38.5 Å². The highest BCUT2D eigenvalue weighted by Crippen LogP contribution is 2.39. The van der Waals surface area contributed by atoms with Gasteiger partial charge < -0.3 is 10.2 Å². The van der Waals surface area contributed by atoms with Crippen LogP contribution in [0.5, 0.6) is 0 Å². The standard InChI is InChI=1S/C13H17ClN2O2S/c14-11-2-1-3-12-13(11)10(9-19(12,17)18)8-16-6-4-15-5-7-16/h1-3,10,15H,4-9H2. The molecule has 1 unspecified atom stereocenters. The third kappa shape index (κ3) is 2.52. The van der Waals surface area contributed by atoms with Crippen LogP contribution in [0.3, 0.4) is 0 Å².